The number of H-pyrrole nitrogens is 1. The summed E-state index contributed by atoms with van der Waals surface area (Å²) in [5, 5.41) is 3.35. The first-order chi connectivity index (χ1) is 15.7. The van der Waals surface area contributed by atoms with E-state index in [4.69, 9.17) is 0 Å². The van der Waals surface area contributed by atoms with Gasteiger partial charge in [0.15, 0.2) is 0 Å². The topological polar surface area (TPSA) is 56.6 Å². The van der Waals surface area contributed by atoms with Crippen molar-refractivity contribution in [3.05, 3.63) is 70.1 Å². The van der Waals surface area contributed by atoms with Gasteiger partial charge in [-0.25, -0.2) is 9.07 Å². The van der Waals surface area contributed by atoms with Crippen molar-refractivity contribution in [2.45, 2.75) is 57.2 Å². The number of allylic oxidation sites excluding steroid dienone is 5. The predicted octanol–water partition coefficient (Wildman–Crippen LogP) is 3.71. The zero-order valence-electron chi connectivity index (χ0n) is 20.0. The number of nitrogens with zero attached hydrogens (tertiary/aromatic N) is 4. The number of halogens is 1. The van der Waals surface area contributed by atoms with Gasteiger partial charge >= 0.3 is 0 Å². The van der Waals surface area contributed by atoms with Gasteiger partial charge < -0.3 is 4.90 Å². The molecule has 1 N–H and O–H groups in total. The minimum absolute atomic E-state index is 0.101. The minimum Gasteiger partial charge on any atom is -0.370 e. The Kier molecular flexibility index (Phi) is 5.16. The Balaban J connectivity index is 1.48. The van der Waals surface area contributed by atoms with Gasteiger partial charge in [0.05, 0.1) is 22.7 Å². The van der Waals surface area contributed by atoms with Crippen molar-refractivity contribution < 1.29 is 4.39 Å². The first-order valence-electron chi connectivity index (χ1n) is 12.0. The summed E-state index contributed by atoms with van der Waals surface area (Å²) >= 11 is 0. The fourth-order valence-electron chi connectivity index (χ4n) is 5.77. The van der Waals surface area contributed by atoms with Crippen LogP contribution in [0.25, 0.3) is 0 Å². The number of fused-ring (bicyclic) bond motifs is 2. The van der Waals surface area contributed by atoms with Crippen LogP contribution in [0.3, 0.4) is 0 Å². The number of nitrogens with one attached hydrogen (secondary N) is 1. The van der Waals surface area contributed by atoms with Crippen molar-refractivity contribution in [1.82, 2.24) is 19.6 Å². The van der Waals surface area contributed by atoms with Crippen LogP contribution in [0.5, 0.6) is 0 Å². The van der Waals surface area contributed by atoms with Crippen molar-refractivity contribution in [2.75, 3.05) is 26.2 Å². The maximum Gasteiger partial charge on any atom is 0.276 e. The van der Waals surface area contributed by atoms with E-state index < -0.39 is 11.5 Å². The first kappa shape index (κ1) is 22.1. The van der Waals surface area contributed by atoms with Crippen LogP contribution in [0.15, 0.2) is 58.3 Å². The van der Waals surface area contributed by atoms with Crippen LogP contribution in [0.4, 0.5) is 4.39 Å². The molecule has 0 amide bonds. The maximum atomic E-state index is 16.1. The molecule has 0 spiro atoms. The smallest absolute Gasteiger partial charge is 0.276 e. The second-order valence-electron chi connectivity index (χ2n) is 10.3. The molecule has 1 saturated heterocycles. The Morgan fingerprint density at radius 2 is 2.03 bits per heavy atom. The zero-order valence-corrected chi connectivity index (χ0v) is 20.0. The van der Waals surface area contributed by atoms with E-state index in [0.29, 0.717) is 28.9 Å². The molecule has 4 unspecified atom stereocenters. The van der Waals surface area contributed by atoms with Gasteiger partial charge in [-0.15, -0.1) is 6.58 Å². The molecule has 3 heterocycles. The van der Waals surface area contributed by atoms with E-state index in [1.165, 1.54) is 0 Å². The number of aromatic amines is 1. The molecule has 4 aliphatic rings. The number of aromatic nitrogens is 2. The third-order valence-corrected chi connectivity index (χ3v) is 8.14. The largest absolute Gasteiger partial charge is 0.370 e. The molecule has 7 heteroatoms. The normalized spacial score (nSPS) is 33.7. The molecular formula is C26H34FN5O. The second-order valence-corrected chi connectivity index (χ2v) is 10.3. The summed E-state index contributed by atoms with van der Waals surface area (Å²) < 4.78 is 17.8. The molecule has 0 bridgehead atoms. The number of hydrogen-bond donors (Lipinski definition) is 1. The Bertz CT molecular complexity index is 1150. The Labute approximate surface area is 194 Å². The molecule has 0 aromatic carbocycles. The fraction of sp³-hybridized carbons (Fsp3) is 0.538. The fourth-order valence-corrected chi connectivity index (χ4v) is 5.77. The second kappa shape index (κ2) is 7.69. The van der Waals surface area contributed by atoms with Crippen LogP contribution < -0.4 is 5.56 Å². The summed E-state index contributed by atoms with van der Waals surface area (Å²) in [6.45, 7) is 15.4. The summed E-state index contributed by atoms with van der Waals surface area (Å²) in [4.78, 5) is 22.4. The summed E-state index contributed by atoms with van der Waals surface area (Å²) in [6.07, 6.45) is 12.4. The lowest BCUT2D eigenvalue weighted by atomic mass is 9.79. The molecule has 2 aliphatic carbocycles. The molecule has 4 atom stereocenters. The molecule has 2 fully saturated rings. The highest BCUT2D eigenvalue weighted by Crippen LogP contribution is 2.53. The van der Waals surface area contributed by atoms with E-state index in [1.54, 1.807) is 23.9 Å². The van der Waals surface area contributed by atoms with Gasteiger partial charge in [-0.3, -0.25) is 19.8 Å². The summed E-state index contributed by atoms with van der Waals surface area (Å²) in [5.74, 6) is -0.409. The van der Waals surface area contributed by atoms with Crippen molar-refractivity contribution in [2.24, 2.45) is 10.9 Å². The quantitative estimate of drug-likeness (QED) is 0.695. The highest BCUT2D eigenvalue weighted by molar-refractivity contribution is 5.84. The molecule has 1 aromatic rings. The van der Waals surface area contributed by atoms with E-state index in [9.17, 15) is 4.79 Å². The van der Waals surface area contributed by atoms with Gasteiger partial charge in [0.2, 0.25) is 0 Å². The van der Waals surface area contributed by atoms with Crippen molar-refractivity contribution in [3.63, 3.8) is 0 Å². The molecular weight excluding hydrogens is 417 g/mol. The third-order valence-electron chi connectivity index (χ3n) is 8.14. The van der Waals surface area contributed by atoms with E-state index in [-0.39, 0.29) is 16.9 Å². The Hall–Kier alpha value is -2.67. The summed E-state index contributed by atoms with van der Waals surface area (Å²) in [6, 6.07) is 0.492. The maximum absolute atomic E-state index is 16.1. The molecule has 33 heavy (non-hydrogen) atoms. The average molecular weight is 452 g/mol. The lowest BCUT2D eigenvalue weighted by Crippen LogP contribution is -2.48. The highest BCUT2D eigenvalue weighted by Gasteiger charge is 2.56. The Morgan fingerprint density at radius 1 is 1.30 bits per heavy atom. The van der Waals surface area contributed by atoms with Gasteiger partial charge in [0.25, 0.3) is 5.56 Å². The van der Waals surface area contributed by atoms with Crippen LogP contribution >= 0.6 is 0 Å². The first-order valence-corrected chi connectivity index (χ1v) is 12.0. The average Bonchev–Trinajstić information content (AvgIpc) is 3.48. The zero-order chi connectivity index (χ0) is 23.5. The van der Waals surface area contributed by atoms with Crippen molar-refractivity contribution in [3.8, 4) is 0 Å². The van der Waals surface area contributed by atoms with Crippen LogP contribution in [0.2, 0.25) is 0 Å². The summed E-state index contributed by atoms with van der Waals surface area (Å²) in [7, 11) is 0. The molecule has 176 valence electrons. The van der Waals surface area contributed by atoms with E-state index in [1.807, 2.05) is 19.1 Å². The number of rotatable bonds is 5. The summed E-state index contributed by atoms with van der Waals surface area (Å²) in [5.41, 5.74) is 0.248. The molecule has 2 aliphatic heterocycles. The van der Waals surface area contributed by atoms with Gasteiger partial charge in [0, 0.05) is 50.1 Å². The SMILES string of the molecule is C=CC1c2[nH]n(C34C=CC=CC3C4)c(=O)c2C=NC1(C)/C(F)=C(\C)N1CCN(C(C)C)CC1. The molecule has 0 radical (unpaired) electrons. The van der Waals surface area contributed by atoms with Gasteiger partial charge in [-0.1, -0.05) is 30.4 Å². The number of piperazine rings is 1. The predicted molar refractivity (Wildman–Crippen MR) is 130 cm³/mol. The third kappa shape index (κ3) is 3.23. The molecule has 1 saturated carbocycles. The van der Waals surface area contributed by atoms with Crippen LogP contribution in [0, 0.1) is 5.92 Å². The monoisotopic (exact) mass is 451 g/mol. The van der Waals surface area contributed by atoms with Crippen LogP contribution in [0.1, 0.15) is 51.3 Å². The lowest BCUT2D eigenvalue weighted by Gasteiger charge is -2.40. The molecule has 6 nitrogen and oxygen atoms in total. The number of hydrogen-bond acceptors (Lipinski definition) is 4. The highest BCUT2D eigenvalue weighted by atomic mass is 19.1. The Morgan fingerprint density at radius 3 is 2.67 bits per heavy atom. The van der Waals surface area contributed by atoms with Crippen molar-refractivity contribution in [1.29, 1.82) is 0 Å². The number of aliphatic imine (C=N–C) groups is 1. The van der Waals surface area contributed by atoms with E-state index >= 15 is 4.39 Å². The van der Waals surface area contributed by atoms with E-state index in [2.05, 4.69) is 52.5 Å². The van der Waals surface area contributed by atoms with Crippen LogP contribution in [-0.4, -0.2) is 63.6 Å². The van der Waals surface area contributed by atoms with Gasteiger partial charge in [-0.05, 0) is 34.1 Å². The molecule has 5 rings (SSSR count). The molecule has 1 aromatic heterocycles. The lowest BCUT2D eigenvalue weighted by molar-refractivity contribution is 0.126. The van der Waals surface area contributed by atoms with Crippen molar-refractivity contribution >= 4 is 6.21 Å². The van der Waals surface area contributed by atoms with Crippen LogP contribution in [-0.2, 0) is 5.54 Å². The van der Waals surface area contributed by atoms with E-state index in [0.717, 1.165) is 32.6 Å². The van der Waals surface area contributed by atoms with Gasteiger partial charge in [-0.2, -0.15) is 0 Å². The standard InChI is InChI=1S/C26H34FN5O/c1-6-21-22-20(24(33)32(29-22)26-10-8-7-9-19(26)15-26)16-28-25(21,5)23(27)18(4)31-13-11-30(12-14-31)17(2)3/h6-10,16-17,19,21,29H,1,11-15H2,2-5H3/b23-18-. The van der Waals surface area contributed by atoms with Gasteiger partial charge in [0.1, 0.15) is 11.4 Å². The minimum atomic E-state index is -1.15.